The predicted molar refractivity (Wildman–Crippen MR) is 73.2 cm³/mol. The molecule has 0 heterocycles. The summed E-state index contributed by atoms with van der Waals surface area (Å²) in [4.78, 5) is 2.22. The van der Waals surface area contributed by atoms with Crippen LogP contribution in [-0.4, -0.2) is 38.6 Å². The summed E-state index contributed by atoms with van der Waals surface area (Å²) in [7, 11) is 4.02. The molecule has 2 rings (SSSR count). The molecule has 1 fully saturated rings. The molecule has 1 N–H and O–H groups in total. The van der Waals surface area contributed by atoms with E-state index in [1.807, 2.05) is 14.1 Å². The van der Waals surface area contributed by atoms with Crippen molar-refractivity contribution in [3.05, 3.63) is 35.4 Å². The van der Waals surface area contributed by atoms with Gasteiger partial charge >= 0.3 is 0 Å². The number of rotatable bonds is 7. The first-order valence-electron chi connectivity index (χ1n) is 6.82. The lowest BCUT2D eigenvalue weighted by molar-refractivity contribution is 0.261. The highest BCUT2D eigenvalue weighted by Gasteiger charge is 2.42. The Kier molecular flexibility index (Phi) is 4.53. The molecule has 2 nitrogen and oxygen atoms in total. The van der Waals surface area contributed by atoms with E-state index in [1.54, 1.807) is 0 Å². The zero-order valence-electron chi connectivity index (χ0n) is 11.7. The highest BCUT2D eigenvalue weighted by Crippen LogP contribution is 2.45. The van der Waals surface area contributed by atoms with Gasteiger partial charge in [0.25, 0.3) is 0 Å². The van der Waals surface area contributed by atoms with Gasteiger partial charge in [-0.15, -0.1) is 0 Å². The molecule has 0 aliphatic heterocycles. The van der Waals surface area contributed by atoms with Gasteiger partial charge in [0, 0.05) is 19.6 Å². The van der Waals surface area contributed by atoms with E-state index in [2.05, 4.69) is 10.2 Å². The Labute approximate surface area is 113 Å². The minimum atomic E-state index is -0.368. The van der Waals surface area contributed by atoms with Crippen molar-refractivity contribution >= 4 is 0 Å². The van der Waals surface area contributed by atoms with E-state index in [9.17, 15) is 8.78 Å². The van der Waals surface area contributed by atoms with Gasteiger partial charge in [-0.05, 0) is 62.5 Å². The SMILES string of the molecule is CNCC1(CN(C)CCc2cc(F)ccc2F)CC1. The number of nitrogens with zero attached hydrogens (tertiary/aromatic N) is 1. The highest BCUT2D eigenvalue weighted by atomic mass is 19.1. The average molecular weight is 268 g/mol. The molecule has 0 bridgehead atoms. The summed E-state index contributed by atoms with van der Waals surface area (Å²) in [6, 6.07) is 3.66. The molecule has 1 aromatic rings. The van der Waals surface area contributed by atoms with E-state index >= 15 is 0 Å². The van der Waals surface area contributed by atoms with Crippen LogP contribution in [0, 0.1) is 17.0 Å². The number of halogens is 2. The average Bonchev–Trinajstić information content (AvgIpc) is 3.10. The summed E-state index contributed by atoms with van der Waals surface area (Å²) in [5.74, 6) is -0.681. The van der Waals surface area contributed by atoms with Crippen molar-refractivity contribution in [2.45, 2.75) is 19.3 Å². The van der Waals surface area contributed by atoms with Crippen LogP contribution >= 0.6 is 0 Å². The third-order valence-corrected chi connectivity index (χ3v) is 3.88. The van der Waals surface area contributed by atoms with Gasteiger partial charge in [0.2, 0.25) is 0 Å². The largest absolute Gasteiger partial charge is 0.319 e. The van der Waals surface area contributed by atoms with Crippen molar-refractivity contribution in [1.29, 1.82) is 0 Å². The molecule has 1 saturated carbocycles. The van der Waals surface area contributed by atoms with Gasteiger partial charge in [0.05, 0.1) is 0 Å². The van der Waals surface area contributed by atoms with Crippen LogP contribution in [0.1, 0.15) is 18.4 Å². The molecular formula is C15H22F2N2. The van der Waals surface area contributed by atoms with Crippen LogP contribution in [0.2, 0.25) is 0 Å². The Bertz CT molecular complexity index is 430. The van der Waals surface area contributed by atoms with Gasteiger partial charge in [-0.3, -0.25) is 0 Å². The van der Waals surface area contributed by atoms with E-state index < -0.39 is 0 Å². The van der Waals surface area contributed by atoms with Gasteiger partial charge in [0.15, 0.2) is 0 Å². The van der Waals surface area contributed by atoms with E-state index in [4.69, 9.17) is 0 Å². The van der Waals surface area contributed by atoms with Gasteiger partial charge in [-0.1, -0.05) is 0 Å². The standard InChI is InChI=1S/C15H22F2N2/c1-18-10-15(6-7-15)11-19(2)8-5-12-9-13(16)3-4-14(12)17/h3-4,9,18H,5-8,10-11H2,1-2H3. The molecule has 106 valence electrons. The lowest BCUT2D eigenvalue weighted by atomic mass is 10.1. The van der Waals surface area contributed by atoms with Crippen LogP contribution in [0.3, 0.4) is 0 Å². The maximum atomic E-state index is 13.5. The Morgan fingerprint density at radius 2 is 2.05 bits per heavy atom. The number of hydrogen-bond donors (Lipinski definition) is 1. The molecule has 0 radical (unpaired) electrons. The maximum Gasteiger partial charge on any atom is 0.126 e. The van der Waals surface area contributed by atoms with E-state index in [-0.39, 0.29) is 11.6 Å². The first-order chi connectivity index (χ1) is 9.04. The summed E-state index contributed by atoms with van der Waals surface area (Å²) in [5.41, 5.74) is 0.870. The number of benzene rings is 1. The molecule has 1 aliphatic carbocycles. The van der Waals surface area contributed by atoms with Crippen molar-refractivity contribution in [3.63, 3.8) is 0 Å². The van der Waals surface area contributed by atoms with E-state index in [0.29, 0.717) is 17.4 Å². The van der Waals surface area contributed by atoms with Crippen molar-refractivity contribution < 1.29 is 8.78 Å². The molecule has 0 atom stereocenters. The van der Waals surface area contributed by atoms with Crippen molar-refractivity contribution in [2.24, 2.45) is 5.41 Å². The molecule has 0 aromatic heterocycles. The Morgan fingerprint density at radius 1 is 1.32 bits per heavy atom. The second-order valence-electron chi connectivity index (χ2n) is 5.75. The summed E-state index contributed by atoms with van der Waals surface area (Å²) >= 11 is 0. The van der Waals surface area contributed by atoms with Gasteiger partial charge < -0.3 is 10.2 Å². The molecule has 0 unspecified atom stereocenters. The first-order valence-corrected chi connectivity index (χ1v) is 6.82. The molecule has 0 amide bonds. The summed E-state index contributed by atoms with van der Waals surface area (Å²) in [6.07, 6.45) is 3.06. The van der Waals surface area contributed by atoms with Crippen LogP contribution in [-0.2, 0) is 6.42 Å². The van der Waals surface area contributed by atoms with Gasteiger partial charge in [-0.2, -0.15) is 0 Å². The third kappa shape index (κ3) is 3.98. The lowest BCUT2D eigenvalue weighted by Crippen LogP contribution is -2.34. The lowest BCUT2D eigenvalue weighted by Gasteiger charge is -2.23. The molecule has 19 heavy (non-hydrogen) atoms. The number of nitrogens with one attached hydrogen (secondary N) is 1. The van der Waals surface area contributed by atoms with Crippen LogP contribution < -0.4 is 5.32 Å². The first kappa shape index (κ1) is 14.4. The molecule has 0 spiro atoms. The quantitative estimate of drug-likeness (QED) is 0.817. The number of likely N-dealkylation sites (N-methyl/N-ethyl adjacent to an activating group) is 1. The fraction of sp³-hybridized carbons (Fsp3) is 0.600. The monoisotopic (exact) mass is 268 g/mol. The van der Waals surface area contributed by atoms with Crippen LogP contribution in [0.5, 0.6) is 0 Å². The minimum Gasteiger partial charge on any atom is -0.319 e. The molecule has 1 aliphatic rings. The Morgan fingerprint density at radius 3 is 2.68 bits per heavy atom. The zero-order chi connectivity index (χ0) is 13.9. The maximum absolute atomic E-state index is 13.5. The van der Waals surface area contributed by atoms with Crippen LogP contribution in [0.15, 0.2) is 18.2 Å². The van der Waals surface area contributed by atoms with E-state index in [0.717, 1.165) is 25.7 Å². The van der Waals surface area contributed by atoms with Gasteiger partial charge in [-0.25, -0.2) is 8.78 Å². The Hall–Kier alpha value is -1.00. The van der Waals surface area contributed by atoms with Crippen LogP contribution in [0.4, 0.5) is 8.78 Å². The van der Waals surface area contributed by atoms with Gasteiger partial charge in [0.1, 0.15) is 11.6 Å². The Balaban J connectivity index is 1.83. The molecular weight excluding hydrogens is 246 g/mol. The number of hydrogen-bond acceptors (Lipinski definition) is 2. The normalized spacial score (nSPS) is 16.9. The summed E-state index contributed by atoms with van der Waals surface area (Å²) < 4.78 is 26.6. The van der Waals surface area contributed by atoms with Crippen molar-refractivity contribution in [3.8, 4) is 0 Å². The highest BCUT2D eigenvalue weighted by molar-refractivity contribution is 5.19. The molecule has 4 heteroatoms. The fourth-order valence-electron chi connectivity index (χ4n) is 2.64. The molecule has 0 saturated heterocycles. The van der Waals surface area contributed by atoms with Crippen LogP contribution in [0.25, 0.3) is 0 Å². The summed E-state index contributed by atoms with van der Waals surface area (Å²) in [6.45, 7) is 2.81. The third-order valence-electron chi connectivity index (χ3n) is 3.88. The predicted octanol–water partition coefficient (Wildman–Crippen LogP) is 2.44. The fourth-order valence-corrected chi connectivity index (χ4v) is 2.64. The zero-order valence-corrected chi connectivity index (χ0v) is 11.7. The van der Waals surface area contributed by atoms with Crippen molar-refractivity contribution in [2.75, 3.05) is 33.7 Å². The van der Waals surface area contributed by atoms with E-state index in [1.165, 1.54) is 25.0 Å². The smallest absolute Gasteiger partial charge is 0.126 e. The second-order valence-corrected chi connectivity index (χ2v) is 5.75. The molecule has 1 aromatic carbocycles. The topological polar surface area (TPSA) is 15.3 Å². The summed E-state index contributed by atoms with van der Waals surface area (Å²) in [5, 5.41) is 3.23. The second kappa shape index (κ2) is 5.97. The van der Waals surface area contributed by atoms with Crippen molar-refractivity contribution in [1.82, 2.24) is 10.2 Å². The minimum absolute atomic E-state index is 0.314.